The number of rotatable bonds is 3. The van der Waals surface area contributed by atoms with Gasteiger partial charge >= 0.3 is 0 Å². The number of aromatic nitrogens is 2. The van der Waals surface area contributed by atoms with Gasteiger partial charge in [0.15, 0.2) is 5.76 Å². The Balaban J connectivity index is 1.56. The maximum absolute atomic E-state index is 13.0. The summed E-state index contributed by atoms with van der Waals surface area (Å²) in [5, 5.41) is 4.42. The van der Waals surface area contributed by atoms with Gasteiger partial charge in [0.05, 0.1) is 18.5 Å². The molecule has 0 unspecified atom stereocenters. The van der Waals surface area contributed by atoms with Crippen molar-refractivity contribution in [3.8, 4) is 11.1 Å². The summed E-state index contributed by atoms with van der Waals surface area (Å²) in [6.07, 6.45) is 7.50. The molecule has 1 saturated heterocycles. The van der Waals surface area contributed by atoms with Crippen molar-refractivity contribution in [2.45, 2.75) is 25.8 Å². The van der Waals surface area contributed by atoms with Crippen LogP contribution in [0.4, 0.5) is 0 Å². The zero-order valence-electron chi connectivity index (χ0n) is 14.3. The van der Waals surface area contributed by atoms with E-state index in [0.29, 0.717) is 12.3 Å². The lowest BCUT2D eigenvalue weighted by Gasteiger charge is -2.32. The normalized spacial score (nSPS) is 17.6. The molecule has 1 aliphatic rings. The monoisotopic (exact) mass is 335 g/mol. The molecule has 1 atom stereocenters. The van der Waals surface area contributed by atoms with Gasteiger partial charge in [0.1, 0.15) is 0 Å². The summed E-state index contributed by atoms with van der Waals surface area (Å²) >= 11 is 0. The maximum atomic E-state index is 13.0. The zero-order chi connectivity index (χ0) is 17.2. The maximum Gasteiger partial charge on any atom is 0.290 e. The fraction of sp³-hybridized carbons (Fsp3) is 0.300. The summed E-state index contributed by atoms with van der Waals surface area (Å²) in [5.74, 6) is 0.376. The van der Waals surface area contributed by atoms with Crippen LogP contribution in [0.15, 0.2) is 59.5 Å². The first kappa shape index (κ1) is 15.7. The van der Waals surface area contributed by atoms with Crippen molar-refractivity contribution in [1.82, 2.24) is 14.7 Å². The van der Waals surface area contributed by atoms with Gasteiger partial charge in [-0.05, 0) is 37.0 Å². The van der Waals surface area contributed by atoms with Gasteiger partial charge in [-0.2, -0.15) is 5.10 Å². The van der Waals surface area contributed by atoms with Crippen LogP contribution in [-0.2, 0) is 0 Å². The number of likely N-dealkylation sites (tertiary alicyclic amines) is 1. The van der Waals surface area contributed by atoms with Crippen molar-refractivity contribution in [3.05, 3.63) is 66.4 Å². The van der Waals surface area contributed by atoms with Crippen LogP contribution in [0, 0.1) is 6.92 Å². The molecular formula is C20H21N3O2. The molecule has 0 radical (unpaired) electrons. The number of amides is 1. The van der Waals surface area contributed by atoms with Crippen molar-refractivity contribution in [3.63, 3.8) is 0 Å². The smallest absolute Gasteiger partial charge is 0.290 e. The Labute approximate surface area is 146 Å². The van der Waals surface area contributed by atoms with E-state index < -0.39 is 0 Å². The third kappa shape index (κ3) is 3.09. The van der Waals surface area contributed by atoms with Gasteiger partial charge in [-0.3, -0.25) is 9.48 Å². The molecule has 1 fully saturated rings. The first-order valence-electron chi connectivity index (χ1n) is 8.65. The number of hydrogen-bond acceptors (Lipinski definition) is 3. The minimum atomic E-state index is -0.0440. The molecular weight excluding hydrogens is 314 g/mol. The Hall–Kier alpha value is -2.82. The minimum Gasteiger partial charge on any atom is -0.459 e. The second-order valence-electron chi connectivity index (χ2n) is 6.57. The third-order valence-corrected chi connectivity index (χ3v) is 4.73. The first-order chi connectivity index (χ1) is 12.2. The summed E-state index contributed by atoms with van der Waals surface area (Å²) in [6, 6.07) is 12.0. The van der Waals surface area contributed by atoms with Gasteiger partial charge < -0.3 is 9.32 Å². The van der Waals surface area contributed by atoms with Crippen LogP contribution in [0.25, 0.3) is 11.1 Å². The van der Waals surface area contributed by atoms with Gasteiger partial charge in [0.25, 0.3) is 5.91 Å². The van der Waals surface area contributed by atoms with Crippen LogP contribution in [0.2, 0.25) is 0 Å². The Morgan fingerprint density at radius 1 is 1.24 bits per heavy atom. The minimum absolute atomic E-state index is 0.0440. The zero-order valence-corrected chi connectivity index (χ0v) is 14.3. The molecule has 0 saturated carbocycles. The number of carbonyl (C=O) groups excluding carboxylic acids is 1. The van der Waals surface area contributed by atoms with Crippen molar-refractivity contribution in [2.24, 2.45) is 0 Å². The highest BCUT2D eigenvalue weighted by Gasteiger charge is 2.29. The number of hydrogen-bond donors (Lipinski definition) is 0. The van der Waals surface area contributed by atoms with E-state index in [1.807, 2.05) is 65.3 Å². The molecule has 0 spiro atoms. The molecule has 1 aliphatic heterocycles. The van der Waals surface area contributed by atoms with E-state index in [1.54, 1.807) is 6.26 Å². The Bertz CT molecular complexity index is 866. The largest absolute Gasteiger partial charge is 0.459 e. The Morgan fingerprint density at radius 3 is 2.84 bits per heavy atom. The molecule has 5 heteroatoms. The first-order valence-corrected chi connectivity index (χ1v) is 8.65. The number of benzene rings is 1. The van der Waals surface area contributed by atoms with Crippen LogP contribution < -0.4 is 0 Å². The van der Waals surface area contributed by atoms with Crippen molar-refractivity contribution in [1.29, 1.82) is 0 Å². The topological polar surface area (TPSA) is 51.3 Å². The predicted molar refractivity (Wildman–Crippen MR) is 95.3 cm³/mol. The van der Waals surface area contributed by atoms with Gasteiger partial charge in [-0.15, -0.1) is 0 Å². The van der Waals surface area contributed by atoms with E-state index in [0.717, 1.165) is 36.1 Å². The number of carbonyl (C=O) groups is 1. The Morgan fingerprint density at radius 2 is 2.08 bits per heavy atom. The van der Waals surface area contributed by atoms with E-state index in [4.69, 9.17) is 4.42 Å². The lowest BCUT2D eigenvalue weighted by atomic mass is 10.0. The number of nitrogens with zero attached hydrogens (tertiary/aromatic N) is 3. The summed E-state index contributed by atoms with van der Waals surface area (Å²) in [7, 11) is 0. The lowest BCUT2D eigenvalue weighted by molar-refractivity contribution is 0.0642. The number of furan rings is 1. The van der Waals surface area contributed by atoms with Gasteiger partial charge in [0, 0.05) is 24.8 Å². The van der Waals surface area contributed by atoms with Crippen LogP contribution in [0.5, 0.6) is 0 Å². The highest BCUT2D eigenvalue weighted by Crippen LogP contribution is 2.28. The SMILES string of the molecule is Cc1cnn([C@@H]2CCCN(C(=O)c3occc3-c3ccccc3)C2)c1. The van der Waals surface area contributed by atoms with Crippen LogP contribution >= 0.6 is 0 Å². The van der Waals surface area contributed by atoms with Crippen LogP contribution in [-0.4, -0.2) is 33.7 Å². The van der Waals surface area contributed by atoms with E-state index in [9.17, 15) is 4.79 Å². The van der Waals surface area contributed by atoms with Gasteiger partial charge in [-0.1, -0.05) is 30.3 Å². The molecule has 0 bridgehead atoms. The van der Waals surface area contributed by atoms with Gasteiger partial charge in [-0.25, -0.2) is 0 Å². The van der Waals surface area contributed by atoms with Crippen molar-refractivity contribution < 1.29 is 9.21 Å². The molecule has 5 nitrogen and oxygen atoms in total. The van der Waals surface area contributed by atoms with Crippen molar-refractivity contribution >= 4 is 5.91 Å². The number of piperidine rings is 1. The lowest BCUT2D eigenvalue weighted by Crippen LogP contribution is -2.40. The molecule has 0 aliphatic carbocycles. The van der Waals surface area contributed by atoms with Gasteiger partial charge in [0.2, 0.25) is 0 Å². The van der Waals surface area contributed by atoms with Crippen molar-refractivity contribution in [2.75, 3.05) is 13.1 Å². The highest BCUT2D eigenvalue weighted by molar-refractivity contribution is 5.98. The average Bonchev–Trinajstić information content (AvgIpc) is 3.31. The fourth-order valence-electron chi connectivity index (χ4n) is 3.45. The molecule has 3 aromatic rings. The molecule has 1 aromatic carbocycles. The van der Waals surface area contributed by atoms with E-state index >= 15 is 0 Å². The molecule has 0 N–H and O–H groups in total. The van der Waals surface area contributed by atoms with E-state index in [2.05, 4.69) is 5.10 Å². The quantitative estimate of drug-likeness (QED) is 0.729. The molecule has 1 amide bonds. The number of aryl methyl sites for hydroxylation is 1. The predicted octanol–water partition coefficient (Wildman–Crippen LogP) is 3.93. The average molecular weight is 335 g/mol. The highest BCUT2D eigenvalue weighted by atomic mass is 16.3. The molecule has 4 rings (SSSR count). The summed E-state index contributed by atoms with van der Waals surface area (Å²) in [6.45, 7) is 3.45. The van der Waals surface area contributed by atoms with Crippen LogP contribution in [0.3, 0.4) is 0 Å². The summed E-state index contributed by atoms with van der Waals surface area (Å²) in [4.78, 5) is 14.9. The Kier molecular flexibility index (Phi) is 4.14. The standard InChI is InChI=1S/C20H21N3O2/c1-15-12-21-23(13-15)17-8-5-10-22(14-17)20(24)19-18(9-11-25-19)16-6-3-2-4-7-16/h2-4,6-7,9,11-13,17H,5,8,10,14H2,1H3/t17-/m1/s1. The molecule has 128 valence electrons. The third-order valence-electron chi connectivity index (χ3n) is 4.73. The summed E-state index contributed by atoms with van der Waals surface area (Å²) < 4.78 is 7.55. The van der Waals surface area contributed by atoms with E-state index in [1.165, 1.54) is 0 Å². The molecule has 3 heterocycles. The van der Waals surface area contributed by atoms with E-state index in [-0.39, 0.29) is 11.9 Å². The fourth-order valence-corrected chi connectivity index (χ4v) is 3.45. The summed E-state index contributed by atoms with van der Waals surface area (Å²) in [5.41, 5.74) is 2.99. The molecule has 25 heavy (non-hydrogen) atoms. The second kappa shape index (κ2) is 6.59. The van der Waals surface area contributed by atoms with Crippen LogP contribution in [0.1, 0.15) is 35.0 Å². The second-order valence-corrected chi connectivity index (χ2v) is 6.57. The molecule has 2 aromatic heterocycles.